The van der Waals surface area contributed by atoms with Crippen LogP contribution in [0.2, 0.25) is 0 Å². The van der Waals surface area contributed by atoms with Gasteiger partial charge >= 0.3 is 0 Å². The van der Waals surface area contributed by atoms with Gasteiger partial charge in [0.2, 0.25) is 0 Å². The third-order valence-corrected chi connectivity index (χ3v) is 5.38. The highest BCUT2D eigenvalue weighted by Crippen LogP contribution is 2.42. The normalized spacial score (nSPS) is 38.0. The lowest BCUT2D eigenvalue weighted by atomic mass is 9.77. The van der Waals surface area contributed by atoms with Crippen LogP contribution in [0.4, 0.5) is 0 Å². The Morgan fingerprint density at radius 1 is 1.20 bits per heavy atom. The van der Waals surface area contributed by atoms with Gasteiger partial charge in [0.15, 0.2) is 0 Å². The molecule has 0 spiro atoms. The lowest BCUT2D eigenvalue weighted by molar-refractivity contribution is -0.0371. The van der Waals surface area contributed by atoms with E-state index in [-0.39, 0.29) is 0 Å². The molecule has 4 heteroatoms. The number of ether oxygens (including phenoxy) is 1. The SMILES string of the molecule is CN1C[C@H]2C[C@H](OCC3CC3)[C@@H](n3cccn3)C[C@H]2C1. The molecule has 0 bridgehead atoms. The van der Waals surface area contributed by atoms with Crippen molar-refractivity contribution < 1.29 is 4.74 Å². The minimum absolute atomic E-state index is 0.364. The summed E-state index contributed by atoms with van der Waals surface area (Å²) in [7, 11) is 2.25. The molecule has 3 fully saturated rings. The van der Waals surface area contributed by atoms with E-state index >= 15 is 0 Å². The van der Waals surface area contributed by atoms with Gasteiger partial charge < -0.3 is 9.64 Å². The summed E-state index contributed by atoms with van der Waals surface area (Å²) < 4.78 is 8.45. The molecule has 0 N–H and O–H groups in total. The van der Waals surface area contributed by atoms with Crippen LogP contribution in [0.1, 0.15) is 31.7 Å². The minimum Gasteiger partial charge on any atom is -0.376 e. The Morgan fingerprint density at radius 2 is 2.00 bits per heavy atom. The fourth-order valence-corrected chi connectivity index (χ4v) is 4.10. The van der Waals surface area contributed by atoms with Crippen molar-refractivity contribution in [1.29, 1.82) is 0 Å². The van der Waals surface area contributed by atoms with Crippen LogP contribution in [0.15, 0.2) is 18.5 Å². The van der Waals surface area contributed by atoms with Gasteiger partial charge in [-0.3, -0.25) is 4.68 Å². The van der Waals surface area contributed by atoms with E-state index in [9.17, 15) is 0 Å². The second kappa shape index (κ2) is 5.15. The Kier molecular flexibility index (Phi) is 3.31. The zero-order valence-corrected chi connectivity index (χ0v) is 12.3. The van der Waals surface area contributed by atoms with Crippen molar-refractivity contribution >= 4 is 0 Å². The molecule has 1 aliphatic heterocycles. The molecule has 0 amide bonds. The molecule has 4 rings (SSSR count). The lowest BCUT2D eigenvalue weighted by Crippen LogP contribution is -2.38. The molecule has 1 saturated heterocycles. The number of hydrogen-bond acceptors (Lipinski definition) is 3. The zero-order chi connectivity index (χ0) is 13.5. The predicted octanol–water partition coefficient (Wildman–Crippen LogP) is 2.19. The molecule has 110 valence electrons. The summed E-state index contributed by atoms with van der Waals surface area (Å²) in [4.78, 5) is 2.48. The Morgan fingerprint density at radius 3 is 2.70 bits per heavy atom. The van der Waals surface area contributed by atoms with Crippen molar-refractivity contribution in [2.24, 2.45) is 17.8 Å². The van der Waals surface area contributed by atoms with Crippen LogP contribution in [-0.4, -0.2) is 47.5 Å². The average Bonchev–Trinajstić information content (AvgIpc) is 2.96. The highest BCUT2D eigenvalue weighted by Gasteiger charge is 2.43. The fraction of sp³-hybridized carbons (Fsp3) is 0.812. The van der Waals surface area contributed by atoms with Crippen molar-refractivity contribution in [3.05, 3.63) is 18.5 Å². The first-order valence-electron chi connectivity index (χ1n) is 8.09. The van der Waals surface area contributed by atoms with E-state index < -0.39 is 0 Å². The summed E-state index contributed by atoms with van der Waals surface area (Å²) in [6, 6.07) is 2.47. The summed E-state index contributed by atoms with van der Waals surface area (Å²) in [6.45, 7) is 3.47. The number of likely N-dealkylation sites (tertiary alicyclic amines) is 1. The molecular weight excluding hydrogens is 250 g/mol. The highest BCUT2D eigenvalue weighted by molar-refractivity contribution is 4.96. The maximum Gasteiger partial charge on any atom is 0.0802 e. The van der Waals surface area contributed by atoms with Crippen LogP contribution in [-0.2, 0) is 4.74 Å². The Hall–Kier alpha value is -0.870. The molecule has 0 unspecified atom stereocenters. The number of rotatable bonds is 4. The van der Waals surface area contributed by atoms with Gasteiger partial charge in [-0.25, -0.2) is 0 Å². The second-order valence-corrected chi connectivity index (χ2v) is 7.08. The van der Waals surface area contributed by atoms with E-state index in [1.165, 1.54) is 38.8 Å². The van der Waals surface area contributed by atoms with Gasteiger partial charge in [0.25, 0.3) is 0 Å². The lowest BCUT2D eigenvalue weighted by Gasteiger charge is -2.38. The maximum absolute atomic E-state index is 6.31. The van der Waals surface area contributed by atoms with Crippen LogP contribution in [0.3, 0.4) is 0 Å². The van der Waals surface area contributed by atoms with Crippen molar-refractivity contribution in [1.82, 2.24) is 14.7 Å². The predicted molar refractivity (Wildman–Crippen MR) is 77.4 cm³/mol. The van der Waals surface area contributed by atoms with Gasteiger partial charge in [-0.15, -0.1) is 0 Å². The van der Waals surface area contributed by atoms with Gasteiger partial charge in [-0.2, -0.15) is 5.10 Å². The fourth-order valence-electron chi connectivity index (χ4n) is 4.10. The number of aromatic nitrogens is 2. The van der Waals surface area contributed by atoms with Crippen molar-refractivity contribution in [3.63, 3.8) is 0 Å². The summed E-state index contributed by atoms with van der Waals surface area (Å²) >= 11 is 0. The molecule has 20 heavy (non-hydrogen) atoms. The molecule has 2 aliphatic carbocycles. The number of fused-ring (bicyclic) bond motifs is 1. The van der Waals surface area contributed by atoms with Crippen molar-refractivity contribution in [2.45, 2.75) is 37.8 Å². The standard InChI is InChI=1S/C16H25N3O/c1-18-9-13-7-15(19-6-2-5-17-19)16(8-14(13)10-18)20-11-12-3-4-12/h2,5-6,12-16H,3-4,7-11H2,1H3/t13-,14+,15-,16-/m0/s1. The monoisotopic (exact) mass is 275 g/mol. The summed E-state index contributed by atoms with van der Waals surface area (Å²) in [5, 5.41) is 4.49. The molecular formula is C16H25N3O. The van der Waals surface area contributed by atoms with Crippen molar-refractivity contribution in [3.8, 4) is 0 Å². The maximum atomic E-state index is 6.31. The van der Waals surface area contributed by atoms with Gasteiger partial charge in [-0.05, 0) is 56.6 Å². The van der Waals surface area contributed by atoms with E-state index in [0.29, 0.717) is 12.1 Å². The molecule has 2 saturated carbocycles. The van der Waals surface area contributed by atoms with Crippen LogP contribution >= 0.6 is 0 Å². The molecule has 1 aromatic heterocycles. The van der Waals surface area contributed by atoms with E-state index in [0.717, 1.165) is 24.4 Å². The van der Waals surface area contributed by atoms with E-state index in [1.807, 2.05) is 12.3 Å². The molecule has 0 aromatic carbocycles. The first kappa shape index (κ1) is 12.8. The quantitative estimate of drug-likeness (QED) is 0.844. The first-order chi connectivity index (χ1) is 9.79. The van der Waals surface area contributed by atoms with E-state index in [4.69, 9.17) is 4.74 Å². The second-order valence-electron chi connectivity index (χ2n) is 7.08. The summed E-state index contributed by atoms with van der Waals surface area (Å²) in [5.74, 6) is 2.50. The molecule has 1 aromatic rings. The van der Waals surface area contributed by atoms with E-state index in [1.54, 1.807) is 0 Å². The average molecular weight is 275 g/mol. The van der Waals surface area contributed by atoms with Crippen molar-refractivity contribution in [2.75, 3.05) is 26.7 Å². The summed E-state index contributed by atoms with van der Waals surface area (Å²) in [6.07, 6.45) is 9.55. The van der Waals surface area contributed by atoms with Gasteiger partial charge in [0, 0.05) is 32.1 Å². The van der Waals surface area contributed by atoms with E-state index in [2.05, 4.69) is 27.9 Å². The highest BCUT2D eigenvalue weighted by atomic mass is 16.5. The topological polar surface area (TPSA) is 30.3 Å². The molecule has 4 atom stereocenters. The van der Waals surface area contributed by atoms with Crippen LogP contribution in [0.5, 0.6) is 0 Å². The van der Waals surface area contributed by atoms with Gasteiger partial charge in [0.1, 0.15) is 0 Å². The molecule has 2 heterocycles. The first-order valence-corrected chi connectivity index (χ1v) is 8.09. The van der Waals surface area contributed by atoms with Crippen LogP contribution in [0.25, 0.3) is 0 Å². The largest absolute Gasteiger partial charge is 0.376 e. The smallest absolute Gasteiger partial charge is 0.0802 e. The third-order valence-electron chi connectivity index (χ3n) is 5.38. The molecule has 0 radical (unpaired) electrons. The molecule has 3 aliphatic rings. The van der Waals surface area contributed by atoms with Gasteiger partial charge in [0.05, 0.1) is 12.1 Å². The minimum atomic E-state index is 0.364. The Bertz CT molecular complexity index is 443. The van der Waals surface area contributed by atoms with Crippen LogP contribution < -0.4 is 0 Å². The zero-order valence-electron chi connectivity index (χ0n) is 12.3. The Balaban J connectivity index is 1.49. The van der Waals surface area contributed by atoms with Crippen LogP contribution in [0, 0.1) is 17.8 Å². The third kappa shape index (κ3) is 2.51. The number of nitrogens with zero attached hydrogens (tertiary/aromatic N) is 3. The molecule has 4 nitrogen and oxygen atoms in total. The number of hydrogen-bond donors (Lipinski definition) is 0. The summed E-state index contributed by atoms with van der Waals surface area (Å²) in [5.41, 5.74) is 0. The Labute approximate surface area is 121 Å². The van der Waals surface area contributed by atoms with Gasteiger partial charge in [-0.1, -0.05) is 0 Å².